The zero-order chi connectivity index (χ0) is 20.9. The van der Waals surface area contributed by atoms with Crippen LogP contribution in [0.3, 0.4) is 0 Å². The predicted octanol–water partition coefficient (Wildman–Crippen LogP) is 5.94. The molecule has 4 rings (SSSR count). The molecule has 1 heterocycles. The first-order chi connectivity index (χ1) is 14.7. The number of nitrogens with zero attached hydrogens (tertiary/aromatic N) is 2. The minimum absolute atomic E-state index is 0.0856. The van der Waals surface area contributed by atoms with Gasteiger partial charge in [0.15, 0.2) is 0 Å². The predicted molar refractivity (Wildman–Crippen MR) is 122 cm³/mol. The van der Waals surface area contributed by atoms with Crippen LogP contribution >= 0.6 is 7.92 Å². The van der Waals surface area contributed by atoms with E-state index < -0.39 is 7.92 Å². The topological polar surface area (TPSA) is 67.8 Å². The zero-order valence-corrected chi connectivity index (χ0v) is 16.9. The highest BCUT2D eigenvalue weighted by atomic mass is 31.1. The number of hydrogen-bond acceptors (Lipinski definition) is 3. The Balaban J connectivity index is 2.02. The number of allylic oxidation sites excluding steroid dienone is 4. The van der Waals surface area contributed by atoms with Crippen molar-refractivity contribution in [3.05, 3.63) is 119 Å². The van der Waals surface area contributed by atoms with Crippen LogP contribution in [0.2, 0.25) is 0 Å². The second-order valence-corrected chi connectivity index (χ2v) is 8.85. The standard InChI is InChI=1S/C26H17N2OP/c27-17-22(18-28)21-15-25(19-7-3-1-4-8-19)30(24-9-5-2-6-10-24)26(16-21)20-11-13-23(29)14-12-20/h1-16,29H. The number of rotatable bonds is 3. The molecule has 0 aromatic heterocycles. The van der Waals surface area contributed by atoms with Crippen LogP contribution in [0.5, 0.6) is 5.75 Å². The maximum atomic E-state index is 9.76. The van der Waals surface area contributed by atoms with Crippen LogP contribution in [0.15, 0.2) is 108 Å². The van der Waals surface area contributed by atoms with Crippen molar-refractivity contribution in [3.8, 4) is 17.9 Å². The molecular weight excluding hydrogens is 387 g/mol. The molecule has 0 aliphatic carbocycles. The van der Waals surface area contributed by atoms with E-state index in [1.807, 2.05) is 72.8 Å². The fourth-order valence-electron chi connectivity index (χ4n) is 3.41. The number of nitriles is 2. The van der Waals surface area contributed by atoms with Gasteiger partial charge in [0, 0.05) is 5.57 Å². The summed E-state index contributed by atoms with van der Waals surface area (Å²) in [5.41, 5.74) is 2.71. The molecule has 1 unspecified atom stereocenters. The van der Waals surface area contributed by atoms with E-state index in [1.54, 1.807) is 12.1 Å². The highest BCUT2D eigenvalue weighted by Gasteiger charge is 2.27. The highest BCUT2D eigenvalue weighted by Crippen LogP contribution is 2.62. The minimum Gasteiger partial charge on any atom is -0.508 e. The normalized spacial score (nSPS) is 15.4. The van der Waals surface area contributed by atoms with E-state index in [0.717, 1.165) is 21.8 Å². The Hall–Kier alpha value is -3.91. The molecule has 4 heteroatoms. The van der Waals surface area contributed by atoms with E-state index in [2.05, 4.69) is 24.3 Å². The molecule has 0 saturated carbocycles. The quantitative estimate of drug-likeness (QED) is 0.434. The fraction of sp³-hybridized carbons (Fsp3) is 0. The van der Waals surface area contributed by atoms with Crippen LogP contribution in [0.25, 0.3) is 10.6 Å². The van der Waals surface area contributed by atoms with E-state index in [0.29, 0.717) is 5.57 Å². The molecule has 1 N–H and O–H groups in total. The lowest BCUT2D eigenvalue weighted by atomic mass is 10.0. The van der Waals surface area contributed by atoms with Crippen LogP contribution < -0.4 is 5.30 Å². The summed E-state index contributed by atoms with van der Waals surface area (Å²) in [6.07, 6.45) is 3.92. The SMILES string of the molecule is N#CC(C#N)=C1C=C(c2ccccc2)P(c2ccccc2)C(c2ccc(O)cc2)=C1. The van der Waals surface area contributed by atoms with Crippen LogP contribution in [-0.4, -0.2) is 5.11 Å². The van der Waals surface area contributed by atoms with Crippen molar-refractivity contribution in [1.82, 2.24) is 0 Å². The third-order valence-electron chi connectivity index (χ3n) is 4.83. The van der Waals surface area contributed by atoms with Gasteiger partial charge in [0.25, 0.3) is 0 Å². The second kappa shape index (κ2) is 8.62. The monoisotopic (exact) mass is 404 g/mol. The average Bonchev–Trinajstić information content (AvgIpc) is 2.81. The Labute approximate surface area is 176 Å². The van der Waals surface area contributed by atoms with Gasteiger partial charge in [-0.1, -0.05) is 72.8 Å². The molecule has 1 aliphatic rings. The largest absolute Gasteiger partial charge is 0.508 e. The van der Waals surface area contributed by atoms with Gasteiger partial charge in [0.2, 0.25) is 0 Å². The first kappa shape index (κ1) is 19.4. The van der Waals surface area contributed by atoms with Gasteiger partial charge in [0.05, 0.1) is 0 Å². The molecule has 0 radical (unpaired) electrons. The highest BCUT2D eigenvalue weighted by molar-refractivity contribution is 7.84. The molecule has 0 spiro atoms. The molecule has 0 fully saturated rings. The van der Waals surface area contributed by atoms with Crippen molar-refractivity contribution in [2.45, 2.75) is 0 Å². The Bertz CT molecular complexity index is 1230. The molecule has 0 amide bonds. The summed E-state index contributed by atoms with van der Waals surface area (Å²) in [6.45, 7) is 0. The maximum Gasteiger partial charge on any atom is 0.136 e. The smallest absolute Gasteiger partial charge is 0.136 e. The van der Waals surface area contributed by atoms with Gasteiger partial charge < -0.3 is 5.11 Å². The van der Waals surface area contributed by atoms with Gasteiger partial charge in [-0.25, -0.2) is 0 Å². The Morgan fingerprint density at radius 3 is 1.70 bits per heavy atom. The van der Waals surface area contributed by atoms with Crippen LogP contribution in [-0.2, 0) is 0 Å². The van der Waals surface area contributed by atoms with E-state index in [4.69, 9.17) is 0 Å². The third-order valence-corrected chi connectivity index (χ3v) is 7.38. The summed E-state index contributed by atoms with van der Waals surface area (Å²) < 4.78 is 0. The number of phenolic OH excluding ortho intramolecular Hbond substituents is 1. The maximum absolute atomic E-state index is 9.76. The molecule has 1 aliphatic heterocycles. The lowest BCUT2D eigenvalue weighted by molar-refractivity contribution is 0.475. The Morgan fingerprint density at radius 1 is 0.667 bits per heavy atom. The first-order valence-corrected chi connectivity index (χ1v) is 10.7. The van der Waals surface area contributed by atoms with Gasteiger partial charge in [0.1, 0.15) is 23.5 Å². The summed E-state index contributed by atoms with van der Waals surface area (Å²) >= 11 is 0. The molecule has 142 valence electrons. The Morgan fingerprint density at radius 2 is 1.17 bits per heavy atom. The van der Waals surface area contributed by atoms with Gasteiger partial charge >= 0.3 is 0 Å². The zero-order valence-electron chi connectivity index (χ0n) is 16.0. The van der Waals surface area contributed by atoms with Crippen LogP contribution in [0.1, 0.15) is 11.1 Å². The summed E-state index contributed by atoms with van der Waals surface area (Å²) in [5, 5.41) is 32.1. The van der Waals surface area contributed by atoms with E-state index in [1.165, 1.54) is 5.30 Å². The number of benzene rings is 3. The van der Waals surface area contributed by atoms with Crippen molar-refractivity contribution < 1.29 is 5.11 Å². The fourth-order valence-corrected chi connectivity index (χ4v) is 6.05. The van der Waals surface area contributed by atoms with Gasteiger partial charge in [-0.15, -0.1) is 0 Å². The summed E-state index contributed by atoms with van der Waals surface area (Å²) in [4.78, 5) is 0. The molecule has 0 bridgehead atoms. The summed E-state index contributed by atoms with van der Waals surface area (Å²) in [6, 6.07) is 31.5. The Kier molecular flexibility index (Phi) is 5.58. The average molecular weight is 404 g/mol. The van der Waals surface area contributed by atoms with Crippen molar-refractivity contribution in [2.24, 2.45) is 0 Å². The minimum atomic E-state index is -0.930. The number of aromatic hydroxyl groups is 1. The molecule has 3 aromatic rings. The summed E-state index contributed by atoms with van der Waals surface area (Å²) in [7, 11) is -0.930. The van der Waals surface area contributed by atoms with E-state index in [-0.39, 0.29) is 11.3 Å². The van der Waals surface area contributed by atoms with Crippen molar-refractivity contribution in [2.75, 3.05) is 0 Å². The summed E-state index contributed by atoms with van der Waals surface area (Å²) in [5.74, 6) is 0.198. The molecule has 0 saturated heterocycles. The van der Waals surface area contributed by atoms with E-state index >= 15 is 0 Å². The number of hydrogen-bond donors (Lipinski definition) is 1. The van der Waals surface area contributed by atoms with Crippen molar-refractivity contribution >= 4 is 23.9 Å². The van der Waals surface area contributed by atoms with Gasteiger partial charge in [-0.2, -0.15) is 10.5 Å². The van der Waals surface area contributed by atoms with Crippen LogP contribution in [0, 0.1) is 22.7 Å². The molecular formula is C26H17N2OP. The lowest BCUT2D eigenvalue weighted by Gasteiger charge is -2.29. The van der Waals surface area contributed by atoms with Crippen molar-refractivity contribution in [3.63, 3.8) is 0 Å². The second-order valence-electron chi connectivity index (χ2n) is 6.70. The third kappa shape index (κ3) is 3.81. The first-order valence-electron chi connectivity index (χ1n) is 9.39. The molecule has 3 nitrogen and oxygen atoms in total. The molecule has 1 atom stereocenters. The van der Waals surface area contributed by atoms with Crippen LogP contribution in [0.4, 0.5) is 0 Å². The number of phenols is 1. The van der Waals surface area contributed by atoms with E-state index in [9.17, 15) is 15.6 Å². The lowest BCUT2D eigenvalue weighted by Crippen LogP contribution is -2.07. The van der Waals surface area contributed by atoms with Crippen molar-refractivity contribution in [1.29, 1.82) is 10.5 Å². The van der Waals surface area contributed by atoms with Gasteiger partial charge in [-0.3, -0.25) is 0 Å². The van der Waals surface area contributed by atoms with Gasteiger partial charge in [-0.05, 0) is 59.3 Å². The molecule has 3 aromatic carbocycles. The molecule has 30 heavy (non-hydrogen) atoms.